The zero-order valence-corrected chi connectivity index (χ0v) is 9.74. The van der Waals surface area contributed by atoms with E-state index in [9.17, 15) is 0 Å². The minimum atomic E-state index is 0.212. The van der Waals surface area contributed by atoms with E-state index in [4.69, 9.17) is 15.6 Å². The van der Waals surface area contributed by atoms with E-state index in [0.717, 1.165) is 52.2 Å². The first-order valence-electron chi connectivity index (χ1n) is 5.87. The molecule has 4 heteroatoms. The molecular weight excluding hydrogens is 192 g/mol. The highest BCUT2D eigenvalue weighted by molar-refractivity contribution is 4.85. The Bertz CT molecular complexity index is 170. The average Bonchev–Trinajstić information content (AvgIpc) is 2.30. The third-order valence-corrected chi connectivity index (χ3v) is 3.41. The molecule has 0 amide bonds. The molecule has 3 N–H and O–H groups in total. The Kier molecular flexibility index (Phi) is 5.53. The standard InChI is InChI=1S/C11H24N2O2/c1-2-13(5-6-14)10-11(9-12)3-7-15-8-4-11/h14H,2-10,12H2,1H3. The predicted molar refractivity (Wildman–Crippen MR) is 60.7 cm³/mol. The number of likely N-dealkylation sites (N-methyl/N-ethyl adjacent to an activating group) is 1. The Morgan fingerprint density at radius 2 is 2.07 bits per heavy atom. The van der Waals surface area contributed by atoms with Crippen molar-refractivity contribution < 1.29 is 9.84 Å². The van der Waals surface area contributed by atoms with Crippen molar-refractivity contribution in [2.75, 3.05) is 46.0 Å². The van der Waals surface area contributed by atoms with Gasteiger partial charge in [0, 0.05) is 26.3 Å². The molecule has 0 spiro atoms. The first-order valence-corrected chi connectivity index (χ1v) is 5.87. The fourth-order valence-corrected chi connectivity index (χ4v) is 2.20. The number of nitrogens with two attached hydrogens (primary N) is 1. The van der Waals surface area contributed by atoms with Gasteiger partial charge in [0.25, 0.3) is 0 Å². The van der Waals surface area contributed by atoms with Gasteiger partial charge in [-0.3, -0.25) is 0 Å². The maximum Gasteiger partial charge on any atom is 0.0558 e. The summed E-state index contributed by atoms with van der Waals surface area (Å²) in [5.74, 6) is 0. The summed E-state index contributed by atoms with van der Waals surface area (Å²) < 4.78 is 5.38. The van der Waals surface area contributed by atoms with Crippen LogP contribution in [0.2, 0.25) is 0 Å². The summed E-state index contributed by atoms with van der Waals surface area (Å²) in [5.41, 5.74) is 6.10. The maximum absolute atomic E-state index is 8.96. The molecule has 0 saturated carbocycles. The second-order valence-corrected chi connectivity index (χ2v) is 4.41. The van der Waals surface area contributed by atoms with Gasteiger partial charge in [-0.25, -0.2) is 0 Å². The van der Waals surface area contributed by atoms with Crippen LogP contribution in [-0.2, 0) is 4.74 Å². The summed E-state index contributed by atoms with van der Waals surface area (Å²) in [6, 6.07) is 0. The van der Waals surface area contributed by atoms with Crippen LogP contribution in [0.25, 0.3) is 0 Å². The fourth-order valence-electron chi connectivity index (χ4n) is 2.20. The summed E-state index contributed by atoms with van der Waals surface area (Å²) in [6.07, 6.45) is 2.09. The Morgan fingerprint density at radius 1 is 1.40 bits per heavy atom. The van der Waals surface area contributed by atoms with Crippen LogP contribution in [0, 0.1) is 5.41 Å². The lowest BCUT2D eigenvalue weighted by Crippen LogP contribution is -2.46. The Labute approximate surface area is 92.4 Å². The predicted octanol–water partition coefficient (Wildman–Crippen LogP) is 0.0561. The van der Waals surface area contributed by atoms with E-state index in [1.54, 1.807) is 0 Å². The first kappa shape index (κ1) is 12.9. The highest BCUT2D eigenvalue weighted by atomic mass is 16.5. The highest BCUT2D eigenvalue weighted by Gasteiger charge is 2.32. The van der Waals surface area contributed by atoms with Gasteiger partial charge >= 0.3 is 0 Å². The third kappa shape index (κ3) is 3.72. The van der Waals surface area contributed by atoms with Crippen LogP contribution in [0.15, 0.2) is 0 Å². The lowest BCUT2D eigenvalue weighted by Gasteiger charge is -2.39. The van der Waals surface area contributed by atoms with E-state index in [1.165, 1.54) is 0 Å². The molecule has 0 aliphatic carbocycles. The quantitative estimate of drug-likeness (QED) is 0.659. The smallest absolute Gasteiger partial charge is 0.0558 e. The van der Waals surface area contributed by atoms with Crippen molar-refractivity contribution in [2.45, 2.75) is 19.8 Å². The normalized spacial score (nSPS) is 20.8. The average molecular weight is 216 g/mol. The number of rotatable bonds is 6. The summed E-state index contributed by atoms with van der Waals surface area (Å²) in [4.78, 5) is 2.28. The molecule has 0 aromatic rings. The van der Waals surface area contributed by atoms with E-state index in [-0.39, 0.29) is 12.0 Å². The summed E-state index contributed by atoms with van der Waals surface area (Å²) in [5, 5.41) is 8.96. The van der Waals surface area contributed by atoms with Gasteiger partial charge in [-0.2, -0.15) is 0 Å². The molecule has 0 aromatic carbocycles. The number of aliphatic hydroxyl groups is 1. The fraction of sp³-hybridized carbons (Fsp3) is 1.00. The van der Waals surface area contributed by atoms with E-state index >= 15 is 0 Å². The second-order valence-electron chi connectivity index (χ2n) is 4.41. The zero-order valence-electron chi connectivity index (χ0n) is 9.74. The van der Waals surface area contributed by atoms with Crippen molar-refractivity contribution in [3.63, 3.8) is 0 Å². The molecule has 15 heavy (non-hydrogen) atoms. The van der Waals surface area contributed by atoms with E-state index in [0.29, 0.717) is 0 Å². The van der Waals surface area contributed by atoms with Crippen molar-refractivity contribution in [1.29, 1.82) is 0 Å². The summed E-state index contributed by atoms with van der Waals surface area (Å²) >= 11 is 0. The monoisotopic (exact) mass is 216 g/mol. The molecule has 0 bridgehead atoms. The van der Waals surface area contributed by atoms with Crippen molar-refractivity contribution in [3.05, 3.63) is 0 Å². The topological polar surface area (TPSA) is 58.7 Å². The molecule has 1 rings (SSSR count). The lowest BCUT2D eigenvalue weighted by molar-refractivity contribution is -0.00141. The summed E-state index contributed by atoms with van der Waals surface area (Å²) in [6.45, 7) is 7.44. The van der Waals surface area contributed by atoms with Crippen LogP contribution in [-0.4, -0.2) is 56.0 Å². The van der Waals surface area contributed by atoms with Crippen molar-refractivity contribution in [1.82, 2.24) is 4.90 Å². The van der Waals surface area contributed by atoms with E-state index in [2.05, 4.69) is 11.8 Å². The molecule has 0 unspecified atom stereocenters. The number of nitrogens with zero attached hydrogens (tertiary/aromatic N) is 1. The van der Waals surface area contributed by atoms with Crippen molar-refractivity contribution in [2.24, 2.45) is 11.1 Å². The Hall–Kier alpha value is -0.160. The van der Waals surface area contributed by atoms with E-state index in [1.807, 2.05) is 0 Å². The van der Waals surface area contributed by atoms with Gasteiger partial charge in [-0.05, 0) is 31.3 Å². The van der Waals surface area contributed by atoms with Gasteiger partial charge < -0.3 is 20.5 Å². The van der Waals surface area contributed by atoms with E-state index < -0.39 is 0 Å². The van der Waals surface area contributed by atoms with Gasteiger partial charge in [0.05, 0.1) is 6.61 Å². The highest BCUT2D eigenvalue weighted by Crippen LogP contribution is 2.30. The zero-order chi connectivity index (χ0) is 11.1. The van der Waals surface area contributed by atoms with Crippen LogP contribution in [0.1, 0.15) is 19.8 Å². The largest absolute Gasteiger partial charge is 0.395 e. The lowest BCUT2D eigenvalue weighted by atomic mass is 9.80. The molecule has 90 valence electrons. The number of hydrogen-bond donors (Lipinski definition) is 2. The van der Waals surface area contributed by atoms with Gasteiger partial charge in [-0.15, -0.1) is 0 Å². The molecule has 1 aliphatic rings. The third-order valence-electron chi connectivity index (χ3n) is 3.41. The van der Waals surface area contributed by atoms with Gasteiger partial charge in [0.1, 0.15) is 0 Å². The molecular formula is C11H24N2O2. The first-order chi connectivity index (χ1) is 7.26. The molecule has 4 nitrogen and oxygen atoms in total. The number of aliphatic hydroxyl groups excluding tert-OH is 1. The molecule has 0 aromatic heterocycles. The number of ether oxygens (including phenoxy) is 1. The van der Waals surface area contributed by atoms with Crippen LogP contribution in [0.5, 0.6) is 0 Å². The van der Waals surface area contributed by atoms with Gasteiger partial charge in [0.15, 0.2) is 0 Å². The minimum absolute atomic E-state index is 0.212. The van der Waals surface area contributed by atoms with Gasteiger partial charge in [-0.1, -0.05) is 6.92 Å². The summed E-state index contributed by atoms with van der Waals surface area (Å²) in [7, 11) is 0. The van der Waals surface area contributed by atoms with Crippen molar-refractivity contribution >= 4 is 0 Å². The molecule has 1 fully saturated rings. The SMILES string of the molecule is CCN(CCO)CC1(CN)CCOCC1. The van der Waals surface area contributed by atoms with Crippen LogP contribution < -0.4 is 5.73 Å². The Balaban J connectivity index is 2.49. The minimum Gasteiger partial charge on any atom is -0.395 e. The second kappa shape index (κ2) is 6.43. The van der Waals surface area contributed by atoms with Crippen LogP contribution in [0.4, 0.5) is 0 Å². The molecule has 0 atom stereocenters. The number of hydrogen-bond acceptors (Lipinski definition) is 4. The molecule has 1 aliphatic heterocycles. The van der Waals surface area contributed by atoms with Crippen molar-refractivity contribution in [3.8, 4) is 0 Å². The molecule has 0 radical (unpaired) electrons. The molecule has 1 saturated heterocycles. The van der Waals surface area contributed by atoms with Crippen LogP contribution >= 0.6 is 0 Å². The Morgan fingerprint density at radius 3 is 2.53 bits per heavy atom. The maximum atomic E-state index is 8.96. The van der Waals surface area contributed by atoms with Crippen LogP contribution in [0.3, 0.4) is 0 Å². The molecule has 1 heterocycles. The van der Waals surface area contributed by atoms with Gasteiger partial charge in [0.2, 0.25) is 0 Å².